The molecule has 1 aromatic rings. The van der Waals surface area contributed by atoms with E-state index in [0.29, 0.717) is 17.1 Å². The molecule has 5 heteroatoms. The Morgan fingerprint density at radius 1 is 1.24 bits per heavy atom. The molecule has 17 heavy (non-hydrogen) atoms. The van der Waals surface area contributed by atoms with Gasteiger partial charge in [-0.1, -0.05) is 15.9 Å². The number of methoxy groups -OCH3 is 2. The molecule has 1 rings (SSSR count). The van der Waals surface area contributed by atoms with Crippen LogP contribution in [-0.4, -0.2) is 26.2 Å². The molecule has 0 aliphatic rings. The van der Waals surface area contributed by atoms with Gasteiger partial charge in [0.05, 0.1) is 14.2 Å². The van der Waals surface area contributed by atoms with Crippen molar-refractivity contribution < 1.29 is 14.3 Å². The van der Waals surface area contributed by atoms with Gasteiger partial charge in [-0.15, -0.1) is 0 Å². The SMILES string of the molecule is COc1cc(Br)cc(OC)c1C(=O)NC(C)C. The molecule has 0 aliphatic carbocycles. The minimum Gasteiger partial charge on any atom is -0.496 e. The van der Waals surface area contributed by atoms with Crippen molar-refractivity contribution in [1.29, 1.82) is 0 Å². The molecular formula is C12H16BrNO3. The van der Waals surface area contributed by atoms with Crippen LogP contribution in [0.4, 0.5) is 0 Å². The fraction of sp³-hybridized carbons (Fsp3) is 0.417. The summed E-state index contributed by atoms with van der Waals surface area (Å²) in [6.45, 7) is 3.80. The molecule has 1 aromatic carbocycles. The van der Waals surface area contributed by atoms with Gasteiger partial charge in [0.1, 0.15) is 17.1 Å². The van der Waals surface area contributed by atoms with Crippen molar-refractivity contribution in [3.05, 3.63) is 22.2 Å². The molecule has 0 unspecified atom stereocenters. The molecule has 94 valence electrons. The number of rotatable bonds is 4. The molecule has 0 aromatic heterocycles. The smallest absolute Gasteiger partial charge is 0.259 e. The predicted octanol–water partition coefficient (Wildman–Crippen LogP) is 2.60. The molecule has 0 aliphatic heterocycles. The van der Waals surface area contributed by atoms with Crippen molar-refractivity contribution in [2.45, 2.75) is 19.9 Å². The average molecular weight is 302 g/mol. The third-order valence-corrected chi connectivity index (χ3v) is 2.58. The third kappa shape index (κ3) is 3.36. The number of ether oxygens (including phenoxy) is 2. The Kier molecular flexibility index (Phi) is 4.81. The maximum absolute atomic E-state index is 12.0. The molecule has 0 saturated heterocycles. The third-order valence-electron chi connectivity index (χ3n) is 2.12. The molecule has 0 heterocycles. The van der Waals surface area contributed by atoms with Gasteiger partial charge in [-0.2, -0.15) is 0 Å². The van der Waals surface area contributed by atoms with Gasteiger partial charge in [-0.3, -0.25) is 4.79 Å². The van der Waals surface area contributed by atoms with Crippen LogP contribution in [0.5, 0.6) is 11.5 Å². The Morgan fingerprint density at radius 3 is 2.06 bits per heavy atom. The van der Waals surface area contributed by atoms with Gasteiger partial charge in [0.15, 0.2) is 0 Å². The summed E-state index contributed by atoms with van der Waals surface area (Å²) in [5, 5.41) is 2.81. The number of amides is 1. The second-order valence-electron chi connectivity index (χ2n) is 3.81. The molecular weight excluding hydrogens is 286 g/mol. The Labute approximate surface area is 109 Å². The standard InChI is InChI=1S/C12H16BrNO3/c1-7(2)14-12(15)11-9(16-3)5-8(13)6-10(11)17-4/h5-7H,1-4H3,(H,14,15). The number of hydrogen-bond donors (Lipinski definition) is 1. The highest BCUT2D eigenvalue weighted by atomic mass is 79.9. The molecule has 0 fully saturated rings. The minimum absolute atomic E-state index is 0.0561. The van der Waals surface area contributed by atoms with Crippen LogP contribution in [0.1, 0.15) is 24.2 Å². The second-order valence-corrected chi connectivity index (χ2v) is 4.73. The highest BCUT2D eigenvalue weighted by Crippen LogP contribution is 2.32. The second kappa shape index (κ2) is 5.91. The maximum atomic E-state index is 12.0. The Bertz CT molecular complexity index is 393. The van der Waals surface area contributed by atoms with Crippen molar-refractivity contribution >= 4 is 21.8 Å². The number of benzene rings is 1. The fourth-order valence-corrected chi connectivity index (χ4v) is 1.85. The summed E-state index contributed by atoms with van der Waals surface area (Å²) < 4.78 is 11.2. The summed E-state index contributed by atoms with van der Waals surface area (Å²) in [5.74, 6) is 0.755. The van der Waals surface area contributed by atoms with Gasteiger partial charge < -0.3 is 14.8 Å². The van der Waals surface area contributed by atoms with Gasteiger partial charge in [-0.25, -0.2) is 0 Å². The van der Waals surface area contributed by atoms with Crippen LogP contribution in [0.25, 0.3) is 0 Å². The normalized spacial score (nSPS) is 10.2. The summed E-state index contributed by atoms with van der Waals surface area (Å²) in [5.41, 5.74) is 0.409. The van der Waals surface area contributed by atoms with Gasteiger partial charge in [0, 0.05) is 10.5 Å². The van der Waals surface area contributed by atoms with Crippen LogP contribution in [0.15, 0.2) is 16.6 Å². The lowest BCUT2D eigenvalue weighted by atomic mass is 10.1. The molecule has 0 spiro atoms. The molecule has 0 atom stereocenters. The van der Waals surface area contributed by atoms with E-state index in [1.54, 1.807) is 12.1 Å². The highest BCUT2D eigenvalue weighted by molar-refractivity contribution is 9.10. The summed E-state index contributed by atoms with van der Waals surface area (Å²) >= 11 is 3.34. The number of carbonyl (C=O) groups is 1. The first-order valence-electron chi connectivity index (χ1n) is 5.22. The molecule has 0 radical (unpaired) electrons. The van der Waals surface area contributed by atoms with E-state index in [1.165, 1.54) is 14.2 Å². The van der Waals surface area contributed by atoms with Crippen molar-refractivity contribution in [2.24, 2.45) is 0 Å². The summed E-state index contributed by atoms with van der Waals surface area (Å²) in [4.78, 5) is 12.0. The van der Waals surface area contributed by atoms with Gasteiger partial charge in [0.2, 0.25) is 0 Å². The van der Waals surface area contributed by atoms with Gasteiger partial charge >= 0.3 is 0 Å². The molecule has 0 bridgehead atoms. The number of hydrogen-bond acceptors (Lipinski definition) is 3. The van der Waals surface area contributed by atoms with Crippen LogP contribution < -0.4 is 14.8 Å². The van der Waals surface area contributed by atoms with Crippen molar-refractivity contribution in [3.63, 3.8) is 0 Å². The fourth-order valence-electron chi connectivity index (χ4n) is 1.44. The van der Waals surface area contributed by atoms with E-state index in [9.17, 15) is 4.79 Å². The lowest BCUT2D eigenvalue weighted by Gasteiger charge is -2.15. The lowest BCUT2D eigenvalue weighted by Crippen LogP contribution is -2.30. The van der Waals surface area contributed by atoms with Crippen LogP contribution >= 0.6 is 15.9 Å². The largest absolute Gasteiger partial charge is 0.496 e. The van der Waals surface area contributed by atoms with Crippen LogP contribution in [-0.2, 0) is 0 Å². The number of nitrogens with one attached hydrogen (secondary N) is 1. The van der Waals surface area contributed by atoms with E-state index in [1.807, 2.05) is 13.8 Å². The minimum atomic E-state index is -0.207. The first-order valence-corrected chi connectivity index (χ1v) is 6.01. The highest BCUT2D eigenvalue weighted by Gasteiger charge is 2.19. The Morgan fingerprint density at radius 2 is 1.71 bits per heavy atom. The first kappa shape index (κ1) is 13.8. The van der Waals surface area contributed by atoms with Crippen LogP contribution in [0.2, 0.25) is 0 Å². The Hall–Kier alpha value is -1.23. The van der Waals surface area contributed by atoms with E-state index in [2.05, 4.69) is 21.2 Å². The molecule has 0 saturated carbocycles. The van der Waals surface area contributed by atoms with E-state index in [0.717, 1.165) is 4.47 Å². The number of halogens is 1. The zero-order valence-electron chi connectivity index (χ0n) is 10.3. The van der Waals surface area contributed by atoms with Gasteiger partial charge in [0.25, 0.3) is 5.91 Å². The van der Waals surface area contributed by atoms with Crippen molar-refractivity contribution in [1.82, 2.24) is 5.32 Å². The average Bonchev–Trinajstić information content (AvgIpc) is 2.26. The quantitative estimate of drug-likeness (QED) is 0.930. The van der Waals surface area contributed by atoms with Gasteiger partial charge in [-0.05, 0) is 26.0 Å². The monoisotopic (exact) mass is 301 g/mol. The van der Waals surface area contributed by atoms with Crippen LogP contribution in [0, 0.1) is 0 Å². The topological polar surface area (TPSA) is 47.6 Å². The summed E-state index contributed by atoms with van der Waals surface area (Å²) in [6, 6.07) is 3.52. The van der Waals surface area contributed by atoms with E-state index >= 15 is 0 Å². The van der Waals surface area contributed by atoms with E-state index in [-0.39, 0.29) is 11.9 Å². The summed E-state index contributed by atoms with van der Waals surface area (Å²) in [6.07, 6.45) is 0. The maximum Gasteiger partial charge on any atom is 0.259 e. The first-order chi connectivity index (χ1) is 7.99. The van der Waals surface area contributed by atoms with E-state index in [4.69, 9.17) is 9.47 Å². The zero-order chi connectivity index (χ0) is 13.0. The zero-order valence-corrected chi connectivity index (χ0v) is 11.9. The molecule has 1 amide bonds. The van der Waals surface area contributed by atoms with Crippen molar-refractivity contribution in [2.75, 3.05) is 14.2 Å². The predicted molar refractivity (Wildman–Crippen MR) is 69.8 cm³/mol. The number of carbonyl (C=O) groups excluding carboxylic acids is 1. The molecule has 4 nitrogen and oxygen atoms in total. The van der Waals surface area contributed by atoms with Crippen LogP contribution in [0.3, 0.4) is 0 Å². The van der Waals surface area contributed by atoms with E-state index < -0.39 is 0 Å². The molecule has 1 N–H and O–H groups in total. The van der Waals surface area contributed by atoms with Crippen molar-refractivity contribution in [3.8, 4) is 11.5 Å². The lowest BCUT2D eigenvalue weighted by molar-refractivity contribution is 0.0937. The summed E-state index contributed by atoms with van der Waals surface area (Å²) in [7, 11) is 3.04. The Balaban J connectivity index is 3.23.